The molecule has 86 valence electrons. The van der Waals surface area contributed by atoms with Gasteiger partial charge in [0, 0.05) is 12.8 Å². The number of aliphatic hydroxyl groups excluding tert-OH is 1. The van der Waals surface area contributed by atoms with Gasteiger partial charge in [0.1, 0.15) is 12.2 Å². The zero-order chi connectivity index (χ0) is 10.5. The molecule has 2 heterocycles. The quantitative estimate of drug-likeness (QED) is 0.657. The summed E-state index contributed by atoms with van der Waals surface area (Å²) in [5.41, 5.74) is 0. The molecule has 0 aromatic rings. The first-order valence-electron chi connectivity index (χ1n) is 5.89. The number of aliphatic hydroxyl groups is 1. The number of ether oxygens (including phenoxy) is 3. The summed E-state index contributed by atoms with van der Waals surface area (Å²) in [7, 11) is 0. The molecule has 0 radical (unpaired) electrons. The summed E-state index contributed by atoms with van der Waals surface area (Å²) in [6.45, 7) is 1.85. The van der Waals surface area contributed by atoms with Gasteiger partial charge in [-0.15, -0.1) is 0 Å². The monoisotopic (exact) mass is 214 g/mol. The molecule has 1 saturated carbocycles. The van der Waals surface area contributed by atoms with E-state index < -0.39 is 11.9 Å². The maximum absolute atomic E-state index is 9.85. The third kappa shape index (κ3) is 1.51. The summed E-state index contributed by atoms with van der Waals surface area (Å²) in [6, 6.07) is 0. The van der Waals surface area contributed by atoms with Crippen molar-refractivity contribution in [2.45, 2.75) is 69.4 Å². The van der Waals surface area contributed by atoms with E-state index in [2.05, 4.69) is 0 Å². The smallest absolute Gasteiger partial charge is 0.190 e. The lowest BCUT2D eigenvalue weighted by Gasteiger charge is -2.33. The molecule has 2 saturated heterocycles. The van der Waals surface area contributed by atoms with Crippen LogP contribution in [0.25, 0.3) is 0 Å². The first-order valence-corrected chi connectivity index (χ1v) is 5.89. The Balaban J connectivity index is 1.74. The van der Waals surface area contributed by atoms with E-state index >= 15 is 0 Å². The fraction of sp³-hybridized carbons (Fsp3) is 1.00. The van der Waals surface area contributed by atoms with E-state index in [1.54, 1.807) is 0 Å². The van der Waals surface area contributed by atoms with Crippen molar-refractivity contribution in [3.8, 4) is 0 Å². The second-order valence-corrected chi connectivity index (χ2v) is 4.87. The third-order valence-corrected chi connectivity index (χ3v) is 3.73. The van der Waals surface area contributed by atoms with Crippen LogP contribution in [0, 0.1) is 0 Å². The van der Waals surface area contributed by atoms with Crippen LogP contribution in [0.15, 0.2) is 0 Å². The van der Waals surface area contributed by atoms with Gasteiger partial charge < -0.3 is 19.3 Å². The third-order valence-electron chi connectivity index (χ3n) is 3.73. The second-order valence-electron chi connectivity index (χ2n) is 4.87. The predicted molar refractivity (Wildman–Crippen MR) is 52.1 cm³/mol. The molecule has 0 bridgehead atoms. The molecular formula is C11H18O4. The topological polar surface area (TPSA) is 47.9 Å². The van der Waals surface area contributed by atoms with Crippen molar-refractivity contribution in [2.75, 3.05) is 0 Å². The average Bonchev–Trinajstić information content (AvgIpc) is 2.67. The highest BCUT2D eigenvalue weighted by atomic mass is 16.8. The molecule has 4 heteroatoms. The first-order chi connectivity index (χ1) is 7.20. The number of rotatable bonds is 0. The molecule has 0 aromatic carbocycles. The molecule has 3 fully saturated rings. The molecule has 0 amide bonds. The highest BCUT2D eigenvalue weighted by molar-refractivity contribution is 4.94. The van der Waals surface area contributed by atoms with E-state index in [1.807, 2.05) is 6.92 Å². The van der Waals surface area contributed by atoms with Crippen LogP contribution in [0.4, 0.5) is 0 Å². The summed E-state index contributed by atoms with van der Waals surface area (Å²) in [5, 5.41) is 9.85. The lowest BCUT2D eigenvalue weighted by Crippen LogP contribution is -2.38. The fourth-order valence-corrected chi connectivity index (χ4v) is 2.83. The Hall–Kier alpha value is -0.160. The Kier molecular flexibility index (Phi) is 2.28. The first kappa shape index (κ1) is 10.0. The fourth-order valence-electron chi connectivity index (χ4n) is 2.83. The van der Waals surface area contributed by atoms with Crippen LogP contribution in [0.3, 0.4) is 0 Å². The Morgan fingerprint density at radius 3 is 2.53 bits per heavy atom. The zero-order valence-electron chi connectivity index (χ0n) is 9.02. The van der Waals surface area contributed by atoms with Gasteiger partial charge in [0.15, 0.2) is 12.1 Å². The molecule has 4 nitrogen and oxygen atoms in total. The van der Waals surface area contributed by atoms with Crippen LogP contribution in [0.2, 0.25) is 0 Å². The van der Waals surface area contributed by atoms with Crippen LogP contribution in [-0.4, -0.2) is 35.5 Å². The van der Waals surface area contributed by atoms with E-state index in [1.165, 1.54) is 6.42 Å². The molecule has 1 spiro atoms. The molecule has 3 rings (SSSR count). The standard InChI is InChI=1S/C11H18O4/c1-7-8(12)9-10(13-7)15-11(14-9)5-3-2-4-6-11/h7-10,12H,2-6H2,1H3/t7?,8-,9+,10+/m0/s1. The van der Waals surface area contributed by atoms with Crippen LogP contribution in [0.1, 0.15) is 39.0 Å². The van der Waals surface area contributed by atoms with E-state index in [0.717, 1.165) is 25.7 Å². The van der Waals surface area contributed by atoms with E-state index in [0.29, 0.717) is 0 Å². The lowest BCUT2D eigenvalue weighted by molar-refractivity contribution is -0.244. The normalized spacial score (nSPS) is 48.4. The van der Waals surface area contributed by atoms with Crippen LogP contribution >= 0.6 is 0 Å². The molecule has 2 aliphatic heterocycles. The van der Waals surface area contributed by atoms with Gasteiger partial charge in [0.05, 0.1) is 6.10 Å². The number of fused-ring (bicyclic) bond motifs is 1. The van der Waals surface area contributed by atoms with Gasteiger partial charge in [-0.2, -0.15) is 0 Å². The van der Waals surface area contributed by atoms with Crippen molar-refractivity contribution < 1.29 is 19.3 Å². The van der Waals surface area contributed by atoms with Crippen molar-refractivity contribution >= 4 is 0 Å². The largest absolute Gasteiger partial charge is 0.387 e. The second kappa shape index (κ2) is 3.42. The summed E-state index contributed by atoms with van der Waals surface area (Å²) < 4.78 is 17.3. The van der Waals surface area contributed by atoms with Crippen LogP contribution in [0.5, 0.6) is 0 Å². The molecule has 3 aliphatic rings. The van der Waals surface area contributed by atoms with Crippen molar-refractivity contribution in [1.29, 1.82) is 0 Å². The van der Waals surface area contributed by atoms with E-state index in [9.17, 15) is 5.11 Å². The van der Waals surface area contributed by atoms with Gasteiger partial charge in [0.25, 0.3) is 0 Å². The minimum Gasteiger partial charge on any atom is -0.387 e. The van der Waals surface area contributed by atoms with Gasteiger partial charge in [-0.3, -0.25) is 0 Å². The Morgan fingerprint density at radius 2 is 1.87 bits per heavy atom. The predicted octanol–water partition coefficient (Wildman–Crippen LogP) is 1.17. The van der Waals surface area contributed by atoms with Gasteiger partial charge in [0.2, 0.25) is 0 Å². The highest BCUT2D eigenvalue weighted by Gasteiger charge is 2.56. The van der Waals surface area contributed by atoms with Gasteiger partial charge in [-0.05, 0) is 19.8 Å². The van der Waals surface area contributed by atoms with Gasteiger partial charge in [-0.25, -0.2) is 0 Å². The summed E-state index contributed by atoms with van der Waals surface area (Å²) in [4.78, 5) is 0. The van der Waals surface area contributed by atoms with Gasteiger partial charge in [-0.1, -0.05) is 6.42 Å². The highest BCUT2D eigenvalue weighted by Crippen LogP contribution is 2.44. The van der Waals surface area contributed by atoms with E-state index in [-0.39, 0.29) is 18.5 Å². The molecular weight excluding hydrogens is 196 g/mol. The van der Waals surface area contributed by atoms with Crippen molar-refractivity contribution in [2.24, 2.45) is 0 Å². The molecule has 4 atom stereocenters. The van der Waals surface area contributed by atoms with Crippen molar-refractivity contribution in [3.63, 3.8) is 0 Å². The maximum Gasteiger partial charge on any atom is 0.190 e. The zero-order valence-corrected chi connectivity index (χ0v) is 9.02. The molecule has 15 heavy (non-hydrogen) atoms. The maximum atomic E-state index is 9.85. The summed E-state index contributed by atoms with van der Waals surface area (Å²) in [6.07, 6.45) is 4.05. The SMILES string of the molecule is CC1O[C@@H]2OC3(CCCCC3)O[C@@H]2[C@H]1O. The Morgan fingerprint density at radius 1 is 1.13 bits per heavy atom. The minimum absolute atomic E-state index is 0.180. The summed E-state index contributed by atoms with van der Waals surface area (Å²) >= 11 is 0. The van der Waals surface area contributed by atoms with Gasteiger partial charge >= 0.3 is 0 Å². The minimum atomic E-state index is -0.545. The van der Waals surface area contributed by atoms with Crippen LogP contribution in [-0.2, 0) is 14.2 Å². The lowest BCUT2D eigenvalue weighted by atomic mass is 9.94. The molecule has 1 unspecified atom stereocenters. The van der Waals surface area contributed by atoms with Crippen molar-refractivity contribution in [1.82, 2.24) is 0 Å². The summed E-state index contributed by atoms with van der Waals surface area (Å²) in [5.74, 6) is -0.450. The molecule has 0 aromatic heterocycles. The molecule has 1 N–H and O–H groups in total. The average molecular weight is 214 g/mol. The molecule has 1 aliphatic carbocycles. The number of hydrogen-bond donors (Lipinski definition) is 1. The van der Waals surface area contributed by atoms with E-state index in [4.69, 9.17) is 14.2 Å². The Labute approximate surface area is 89.5 Å². The Bertz CT molecular complexity index is 249. The van der Waals surface area contributed by atoms with Crippen LogP contribution < -0.4 is 0 Å². The number of hydrogen-bond acceptors (Lipinski definition) is 4. The van der Waals surface area contributed by atoms with Crippen molar-refractivity contribution in [3.05, 3.63) is 0 Å².